The number of likely N-dealkylation sites (tertiary alicyclic amines) is 2. The normalized spacial score (nSPS) is 18.3. The van der Waals surface area contributed by atoms with Crippen LogP contribution >= 0.6 is 11.6 Å². The van der Waals surface area contributed by atoms with E-state index in [1.807, 2.05) is 16.7 Å². The predicted octanol–water partition coefficient (Wildman–Crippen LogP) is 3.61. The van der Waals surface area contributed by atoms with E-state index in [0.29, 0.717) is 54.1 Å². The van der Waals surface area contributed by atoms with Gasteiger partial charge in [-0.05, 0) is 50.7 Å². The van der Waals surface area contributed by atoms with Crippen molar-refractivity contribution in [3.8, 4) is 11.5 Å². The summed E-state index contributed by atoms with van der Waals surface area (Å²) in [5.41, 5.74) is 0.509. The van der Waals surface area contributed by atoms with Crippen LogP contribution in [0.5, 0.6) is 11.5 Å². The molecule has 2 aliphatic rings. The molecule has 2 fully saturated rings. The van der Waals surface area contributed by atoms with Gasteiger partial charge >= 0.3 is 0 Å². The fourth-order valence-electron chi connectivity index (χ4n) is 4.00. The molecular weight excluding hydrogens is 380 g/mol. The van der Waals surface area contributed by atoms with Gasteiger partial charge in [0.05, 0.1) is 18.7 Å². The molecule has 0 spiro atoms. The number of amides is 2. The molecule has 7 heteroatoms. The van der Waals surface area contributed by atoms with Crippen LogP contribution in [0, 0.1) is 5.92 Å². The Hall–Kier alpha value is -1.95. The Morgan fingerprint density at radius 3 is 2.61 bits per heavy atom. The molecule has 0 atom stereocenters. The number of piperidine rings is 2. The van der Waals surface area contributed by atoms with Crippen molar-refractivity contribution in [1.82, 2.24) is 9.80 Å². The fraction of sp³-hybridized carbons (Fsp3) is 0.619. The zero-order valence-electron chi connectivity index (χ0n) is 16.7. The van der Waals surface area contributed by atoms with Crippen LogP contribution in [-0.4, -0.2) is 61.5 Å². The quantitative estimate of drug-likeness (QED) is 0.721. The maximum atomic E-state index is 12.9. The summed E-state index contributed by atoms with van der Waals surface area (Å²) < 4.78 is 10.9. The molecule has 3 rings (SSSR count). The van der Waals surface area contributed by atoms with Crippen LogP contribution in [0.2, 0.25) is 5.02 Å². The van der Waals surface area contributed by atoms with Crippen molar-refractivity contribution in [2.75, 3.05) is 39.9 Å². The summed E-state index contributed by atoms with van der Waals surface area (Å²) in [6.45, 7) is 5.43. The number of benzene rings is 1. The Bertz CT molecular complexity index is 717. The third-order valence-corrected chi connectivity index (χ3v) is 5.85. The summed E-state index contributed by atoms with van der Waals surface area (Å²) in [6.07, 6.45) is 4.62. The van der Waals surface area contributed by atoms with E-state index in [9.17, 15) is 9.59 Å². The highest BCUT2D eigenvalue weighted by molar-refractivity contribution is 6.32. The summed E-state index contributed by atoms with van der Waals surface area (Å²) in [4.78, 5) is 28.8. The first kappa shape index (κ1) is 20.8. The highest BCUT2D eigenvalue weighted by Crippen LogP contribution is 2.37. The molecule has 0 unspecified atom stereocenters. The number of hydrogen-bond acceptors (Lipinski definition) is 4. The van der Waals surface area contributed by atoms with Gasteiger partial charge in [-0.15, -0.1) is 0 Å². The summed E-state index contributed by atoms with van der Waals surface area (Å²) in [5.74, 6) is 1.63. The Morgan fingerprint density at radius 1 is 1.21 bits per heavy atom. The summed E-state index contributed by atoms with van der Waals surface area (Å²) in [6, 6.07) is 3.34. The molecule has 2 amide bonds. The molecular formula is C21H29ClN2O4. The fourth-order valence-corrected chi connectivity index (χ4v) is 4.26. The number of carbonyl (C=O) groups is 2. The highest BCUT2D eigenvalue weighted by atomic mass is 35.5. The van der Waals surface area contributed by atoms with Crippen LogP contribution < -0.4 is 9.47 Å². The van der Waals surface area contributed by atoms with E-state index in [1.54, 1.807) is 12.1 Å². The summed E-state index contributed by atoms with van der Waals surface area (Å²) in [5, 5.41) is 0.378. The van der Waals surface area contributed by atoms with Gasteiger partial charge in [0.1, 0.15) is 0 Å². The molecule has 28 heavy (non-hydrogen) atoms. The van der Waals surface area contributed by atoms with Crippen molar-refractivity contribution in [3.63, 3.8) is 0 Å². The maximum absolute atomic E-state index is 12.9. The van der Waals surface area contributed by atoms with Crippen LogP contribution in [0.1, 0.15) is 49.4 Å². The number of carbonyl (C=O) groups excluding carboxylic acids is 2. The van der Waals surface area contributed by atoms with E-state index in [-0.39, 0.29) is 11.8 Å². The molecule has 0 aromatic heterocycles. The second-order valence-corrected chi connectivity index (χ2v) is 7.86. The van der Waals surface area contributed by atoms with Crippen LogP contribution in [0.15, 0.2) is 12.1 Å². The lowest BCUT2D eigenvalue weighted by atomic mass is 9.94. The van der Waals surface area contributed by atoms with Crippen molar-refractivity contribution in [1.29, 1.82) is 0 Å². The number of hydrogen-bond donors (Lipinski definition) is 0. The average molecular weight is 409 g/mol. The first-order chi connectivity index (χ1) is 13.5. The molecule has 0 aliphatic carbocycles. The summed E-state index contributed by atoms with van der Waals surface area (Å²) >= 11 is 6.31. The Labute approximate surface area is 171 Å². The molecule has 1 aromatic rings. The van der Waals surface area contributed by atoms with Crippen LogP contribution in [-0.2, 0) is 4.79 Å². The lowest BCUT2D eigenvalue weighted by Crippen LogP contribution is -2.44. The Kier molecular flexibility index (Phi) is 7.05. The number of halogens is 1. The van der Waals surface area contributed by atoms with Crippen molar-refractivity contribution in [2.24, 2.45) is 5.92 Å². The zero-order valence-corrected chi connectivity index (χ0v) is 17.5. The van der Waals surface area contributed by atoms with E-state index >= 15 is 0 Å². The van der Waals surface area contributed by atoms with Gasteiger partial charge < -0.3 is 19.3 Å². The average Bonchev–Trinajstić information content (AvgIpc) is 2.71. The van der Waals surface area contributed by atoms with Gasteiger partial charge in [0, 0.05) is 38.2 Å². The standard InChI is InChI=1S/C21H29ClN2O4/c1-3-28-20-17(22)12-16(13-18(20)27-2)21(26)23-10-7-15(8-11-23)14-24-9-5-4-6-19(24)25/h12-13,15H,3-11,14H2,1-2H3. The predicted molar refractivity (Wildman–Crippen MR) is 108 cm³/mol. The zero-order chi connectivity index (χ0) is 20.1. The van der Waals surface area contributed by atoms with Gasteiger partial charge in [-0.1, -0.05) is 11.6 Å². The molecule has 0 radical (unpaired) electrons. The monoisotopic (exact) mass is 408 g/mol. The van der Waals surface area contributed by atoms with E-state index in [4.69, 9.17) is 21.1 Å². The minimum absolute atomic E-state index is 0.0456. The molecule has 0 bridgehead atoms. The van der Waals surface area contributed by atoms with Gasteiger partial charge in [0.2, 0.25) is 5.91 Å². The largest absolute Gasteiger partial charge is 0.493 e. The number of rotatable bonds is 6. The minimum Gasteiger partial charge on any atom is -0.493 e. The third-order valence-electron chi connectivity index (χ3n) is 5.57. The topological polar surface area (TPSA) is 59.1 Å². The van der Waals surface area contributed by atoms with E-state index < -0.39 is 0 Å². The first-order valence-corrected chi connectivity index (χ1v) is 10.5. The SMILES string of the molecule is CCOc1c(Cl)cc(C(=O)N2CCC(CN3CCCCC3=O)CC2)cc1OC. The van der Waals surface area contributed by atoms with E-state index in [1.165, 1.54) is 7.11 Å². The number of nitrogens with zero attached hydrogens (tertiary/aromatic N) is 2. The number of ether oxygens (including phenoxy) is 2. The highest BCUT2D eigenvalue weighted by Gasteiger charge is 2.28. The lowest BCUT2D eigenvalue weighted by Gasteiger charge is -2.36. The van der Waals surface area contributed by atoms with Gasteiger partial charge in [-0.25, -0.2) is 0 Å². The van der Waals surface area contributed by atoms with Crippen molar-refractivity contribution in [3.05, 3.63) is 22.7 Å². The molecule has 154 valence electrons. The van der Waals surface area contributed by atoms with Crippen LogP contribution in [0.25, 0.3) is 0 Å². The molecule has 2 aliphatic heterocycles. The van der Waals surface area contributed by atoms with Crippen molar-refractivity contribution in [2.45, 2.75) is 39.0 Å². The third kappa shape index (κ3) is 4.72. The van der Waals surface area contributed by atoms with Crippen LogP contribution in [0.4, 0.5) is 0 Å². The Balaban J connectivity index is 1.60. The second-order valence-electron chi connectivity index (χ2n) is 7.45. The smallest absolute Gasteiger partial charge is 0.254 e. The summed E-state index contributed by atoms with van der Waals surface area (Å²) in [7, 11) is 1.54. The molecule has 1 aromatic carbocycles. The molecule has 0 saturated carbocycles. The number of methoxy groups -OCH3 is 1. The Morgan fingerprint density at radius 2 is 1.96 bits per heavy atom. The van der Waals surface area contributed by atoms with Crippen LogP contribution in [0.3, 0.4) is 0 Å². The lowest BCUT2D eigenvalue weighted by molar-refractivity contribution is -0.134. The first-order valence-electron chi connectivity index (χ1n) is 10.1. The van der Waals surface area contributed by atoms with E-state index in [0.717, 1.165) is 38.8 Å². The maximum Gasteiger partial charge on any atom is 0.254 e. The van der Waals surface area contributed by atoms with Gasteiger partial charge in [0.15, 0.2) is 11.5 Å². The molecule has 6 nitrogen and oxygen atoms in total. The van der Waals surface area contributed by atoms with Gasteiger partial charge in [0.25, 0.3) is 5.91 Å². The molecule has 2 heterocycles. The minimum atomic E-state index is -0.0456. The van der Waals surface area contributed by atoms with Crippen molar-refractivity contribution < 1.29 is 19.1 Å². The van der Waals surface area contributed by atoms with Gasteiger partial charge in [-0.2, -0.15) is 0 Å². The van der Waals surface area contributed by atoms with E-state index in [2.05, 4.69) is 0 Å². The van der Waals surface area contributed by atoms with Crippen molar-refractivity contribution >= 4 is 23.4 Å². The second kappa shape index (κ2) is 9.50. The van der Waals surface area contributed by atoms with Gasteiger partial charge in [-0.3, -0.25) is 9.59 Å². The molecule has 0 N–H and O–H groups in total. The molecule has 2 saturated heterocycles.